The van der Waals surface area contributed by atoms with E-state index in [-0.39, 0.29) is 10.8 Å². The molecule has 6 aromatic rings. The predicted molar refractivity (Wildman–Crippen MR) is 196 cm³/mol. The van der Waals surface area contributed by atoms with Gasteiger partial charge in [0.25, 0.3) is 0 Å². The maximum Gasteiger partial charge on any atom is 0.0468 e. The zero-order chi connectivity index (χ0) is 32.7. The van der Waals surface area contributed by atoms with Gasteiger partial charge < -0.3 is 4.90 Å². The summed E-state index contributed by atoms with van der Waals surface area (Å²) in [6.45, 7) is 13.3. The molecular formula is C45H41N. The van der Waals surface area contributed by atoms with E-state index in [9.17, 15) is 0 Å². The molecule has 0 aliphatic heterocycles. The highest BCUT2D eigenvalue weighted by Crippen LogP contribution is 2.53. The molecule has 2 aliphatic rings. The largest absolute Gasteiger partial charge is 0.310 e. The molecule has 0 N–H and O–H groups in total. The molecule has 0 spiro atoms. The fraction of sp³-hybridized carbons (Fsp3) is 0.200. The Hall–Kier alpha value is -4.88. The number of benzene rings is 6. The zero-order valence-electron chi connectivity index (χ0n) is 28.6. The highest BCUT2D eigenvalue weighted by Gasteiger charge is 2.37. The Bertz CT molecular complexity index is 2180. The Morgan fingerprint density at radius 3 is 1.61 bits per heavy atom. The lowest BCUT2D eigenvalue weighted by molar-refractivity contribution is 0.660. The van der Waals surface area contributed by atoms with Crippen LogP contribution in [0.5, 0.6) is 0 Å². The molecule has 0 amide bonds. The fourth-order valence-corrected chi connectivity index (χ4v) is 8.09. The van der Waals surface area contributed by atoms with Crippen molar-refractivity contribution in [3.05, 3.63) is 161 Å². The van der Waals surface area contributed by atoms with E-state index in [2.05, 4.69) is 160 Å². The highest BCUT2D eigenvalue weighted by molar-refractivity contribution is 5.89. The minimum Gasteiger partial charge on any atom is -0.310 e. The van der Waals surface area contributed by atoms with E-state index in [1.165, 1.54) is 44.5 Å². The Morgan fingerprint density at radius 2 is 0.935 bits per heavy atom. The first-order chi connectivity index (χ1) is 22.5. The molecule has 0 heterocycles. The van der Waals surface area contributed by atoms with Crippen LogP contribution in [0.25, 0.3) is 33.4 Å². The summed E-state index contributed by atoms with van der Waals surface area (Å²) in [5.74, 6) is -0.690. The minimum atomic E-state index is -0.690. The molecule has 2 aliphatic carbocycles. The summed E-state index contributed by atoms with van der Waals surface area (Å²) in [7, 11) is 0. The number of hydrogen-bond donors (Lipinski definition) is 0. The Morgan fingerprint density at radius 1 is 0.457 bits per heavy atom. The van der Waals surface area contributed by atoms with Crippen LogP contribution < -0.4 is 4.90 Å². The summed E-state index contributed by atoms with van der Waals surface area (Å²) in [6.07, 6.45) is 0. The van der Waals surface area contributed by atoms with Gasteiger partial charge in [0.05, 0.1) is 0 Å². The van der Waals surface area contributed by atoms with E-state index >= 15 is 0 Å². The normalized spacial score (nSPS) is 15.4. The first-order valence-electron chi connectivity index (χ1n) is 17.0. The second-order valence-electron chi connectivity index (χ2n) is 14.2. The molecule has 0 saturated heterocycles. The lowest BCUT2D eigenvalue weighted by Crippen LogP contribution is -2.17. The van der Waals surface area contributed by atoms with Crippen molar-refractivity contribution in [2.45, 2.75) is 58.3 Å². The summed E-state index contributed by atoms with van der Waals surface area (Å²) >= 11 is 0. The van der Waals surface area contributed by atoms with E-state index in [0.29, 0.717) is 0 Å². The monoisotopic (exact) mass is 596 g/mol. The van der Waals surface area contributed by atoms with Gasteiger partial charge in [-0.2, -0.15) is 0 Å². The average molecular weight is 597 g/mol. The standard InChI is InChI=1S/C45H41N/c1-29(2)34-13-7-8-14-35(34)30-19-21-31(22-20-30)46(32-24-26-42-39(27-32)37-16-10-12-18-41(37)44(42,3)4)33-23-25-38-36-15-9-11-17-40(36)45(5,6)43(38)28-33/h7-29H,1-6H3/i29D. The molecule has 226 valence electrons. The van der Waals surface area contributed by atoms with E-state index in [4.69, 9.17) is 1.37 Å². The van der Waals surface area contributed by atoms with Crippen molar-refractivity contribution in [2.24, 2.45) is 0 Å². The molecule has 1 heteroatoms. The molecule has 8 rings (SSSR count). The van der Waals surface area contributed by atoms with Gasteiger partial charge in [0.15, 0.2) is 0 Å². The van der Waals surface area contributed by atoms with Crippen molar-refractivity contribution < 1.29 is 1.37 Å². The van der Waals surface area contributed by atoms with Crippen LogP contribution in [-0.4, -0.2) is 0 Å². The third-order valence-electron chi connectivity index (χ3n) is 10.6. The molecular weight excluding hydrogens is 555 g/mol. The van der Waals surface area contributed by atoms with Crippen molar-refractivity contribution in [1.29, 1.82) is 0 Å². The van der Waals surface area contributed by atoms with Crippen LogP contribution in [0.15, 0.2) is 133 Å². The lowest BCUT2D eigenvalue weighted by atomic mass is 9.82. The van der Waals surface area contributed by atoms with Crippen LogP contribution in [0.2, 0.25) is 0 Å². The van der Waals surface area contributed by atoms with Crippen LogP contribution >= 0.6 is 0 Å². The van der Waals surface area contributed by atoms with Crippen LogP contribution in [0.1, 0.15) is 76.6 Å². The molecule has 1 nitrogen and oxygen atoms in total. The van der Waals surface area contributed by atoms with Gasteiger partial charge in [0.2, 0.25) is 0 Å². The number of fused-ring (bicyclic) bond motifs is 6. The fourth-order valence-electron chi connectivity index (χ4n) is 8.09. The van der Waals surface area contributed by atoms with Gasteiger partial charge >= 0.3 is 0 Å². The average Bonchev–Trinajstić information content (AvgIpc) is 3.44. The van der Waals surface area contributed by atoms with E-state index < -0.39 is 5.89 Å². The highest BCUT2D eigenvalue weighted by atomic mass is 15.1. The van der Waals surface area contributed by atoms with Crippen molar-refractivity contribution in [3.63, 3.8) is 0 Å². The molecule has 0 saturated carbocycles. The molecule has 0 aromatic heterocycles. The summed E-state index contributed by atoms with van der Waals surface area (Å²) in [5, 5.41) is 0. The van der Waals surface area contributed by atoms with Crippen molar-refractivity contribution in [1.82, 2.24) is 0 Å². The third-order valence-corrected chi connectivity index (χ3v) is 10.6. The second kappa shape index (κ2) is 10.3. The number of hydrogen-bond acceptors (Lipinski definition) is 1. The predicted octanol–water partition coefficient (Wildman–Crippen LogP) is 12.6. The molecule has 0 fully saturated rings. The lowest BCUT2D eigenvalue weighted by Gasteiger charge is -2.29. The molecule has 0 radical (unpaired) electrons. The summed E-state index contributed by atoms with van der Waals surface area (Å²) in [4.78, 5) is 2.41. The quantitative estimate of drug-likeness (QED) is 0.191. The molecule has 0 bridgehead atoms. The van der Waals surface area contributed by atoms with Crippen molar-refractivity contribution >= 4 is 17.1 Å². The van der Waals surface area contributed by atoms with Crippen LogP contribution in [-0.2, 0) is 10.8 Å². The zero-order valence-corrected chi connectivity index (χ0v) is 27.6. The summed E-state index contributed by atoms with van der Waals surface area (Å²) < 4.78 is 8.77. The first-order valence-corrected chi connectivity index (χ1v) is 16.5. The number of rotatable bonds is 5. The van der Waals surface area contributed by atoms with Gasteiger partial charge in [-0.05, 0) is 103 Å². The Balaban J connectivity index is 1.30. The Labute approximate surface area is 275 Å². The van der Waals surface area contributed by atoms with E-state index in [0.717, 1.165) is 33.8 Å². The van der Waals surface area contributed by atoms with Crippen molar-refractivity contribution in [2.75, 3.05) is 4.90 Å². The van der Waals surface area contributed by atoms with Crippen LogP contribution in [0.3, 0.4) is 0 Å². The number of nitrogens with zero attached hydrogens (tertiary/aromatic N) is 1. The van der Waals surface area contributed by atoms with Crippen LogP contribution in [0.4, 0.5) is 17.1 Å². The van der Waals surface area contributed by atoms with Gasteiger partial charge in [-0.1, -0.05) is 139 Å². The maximum atomic E-state index is 8.77. The minimum absolute atomic E-state index is 0.0423. The molecule has 46 heavy (non-hydrogen) atoms. The van der Waals surface area contributed by atoms with Gasteiger partial charge in [-0.15, -0.1) is 0 Å². The second-order valence-corrected chi connectivity index (χ2v) is 14.2. The first kappa shape index (κ1) is 27.4. The smallest absolute Gasteiger partial charge is 0.0468 e. The van der Waals surface area contributed by atoms with Crippen molar-refractivity contribution in [3.8, 4) is 33.4 Å². The van der Waals surface area contributed by atoms with Gasteiger partial charge in [0.1, 0.15) is 0 Å². The van der Waals surface area contributed by atoms with E-state index in [1.807, 2.05) is 19.9 Å². The Kier molecular flexibility index (Phi) is 6.16. The molecule has 0 unspecified atom stereocenters. The summed E-state index contributed by atoms with van der Waals surface area (Å²) in [5.41, 5.74) is 17.3. The van der Waals surface area contributed by atoms with Gasteiger partial charge in [-0.3, -0.25) is 0 Å². The van der Waals surface area contributed by atoms with E-state index in [1.54, 1.807) is 0 Å². The molecule has 6 aromatic carbocycles. The van der Waals surface area contributed by atoms with Gasteiger partial charge in [-0.25, -0.2) is 0 Å². The SMILES string of the molecule is [2H]C(C)(C)c1ccccc1-c1ccc(N(c2ccc3c(c2)-c2ccccc2C3(C)C)c2ccc3c(c2)C(C)(C)c2ccccc2-3)cc1. The third kappa shape index (κ3) is 4.22. The number of anilines is 3. The maximum absolute atomic E-state index is 8.77. The topological polar surface area (TPSA) is 3.24 Å². The summed E-state index contributed by atoms with van der Waals surface area (Å²) in [6, 6.07) is 49.0. The molecule has 0 atom stereocenters. The van der Waals surface area contributed by atoms with Gasteiger partial charge in [0, 0.05) is 29.3 Å². The van der Waals surface area contributed by atoms with Crippen LogP contribution in [0, 0.1) is 0 Å².